The Kier molecular flexibility index (Phi) is 11.9. The van der Waals surface area contributed by atoms with E-state index < -0.39 is 47.5 Å². The molecule has 0 unspecified atom stereocenters. The molecule has 3 atom stereocenters. The molecule has 0 saturated carbocycles. The number of primary amides is 1. The van der Waals surface area contributed by atoms with Gasteiger partial charge in [0.15, 0.2) is 0 Å². The summed E-state index contributed by atoms with van der Waals surface area (Å²) in [6.07, 6.45) is 1.81. The maximum absolute atomic E-state index is 15.3. The second kappa shape index (κ2) is 16.4. The second-order valence-corrected chi connectivity index (χ2v) is 12.0. The standard InChI is InChI=1S/C35H40F3N7O4/c1-21-15-22(2)45(44-21)14-13-42-35(47)48-20-28-17-40-16-27(49-28)11-12-29-30(38)18-41-19-31(29)43-33(34(39)46)32(23-3-7-25(36)8-4-23)24-5-9-26(37)10-6-24/h3-10,15,18-19,27-28,32-33,40,43H,11-14,16-17,20H2,1-2H3,(H2,39,46)(H,42,47)/t27-,28+,33+/m1/s1. The minimum atomic E-state index is -1.13. The Hall–Kier alpha value is -4.95. The SMILES string of the molecule is Cc1cc(C)n(CCNC(=O)OC[C@@H]2CNC[C@@H](CCc3c(F)cncc3N[C@H](C(N)=O)C(c3ccc(F)cc3)c3ccc(F)cc3)O2)n1. The third kappa shape index (κ3) is 9.57. The molecule has 260 valence electrons. The van der Waals surface area contributed by atoms with Crippen LogP contribution in [0.4, 0.5) is 23.7 Å². The first-order valence-electron chi connectivity index (χ1n) is 16.0. The summed E-state index contributed by atoms with van der Waals surface area (Å²) in [6, 6.07) is 11.9. The molecule has 14 heteroatoms. The molecule has 1 fully saturated rings. The number of nitrogens with one attached hydrogen (secondary N) is 3. The molecule has 1 aliphatic heterocycles. The highest BCUT2D eigenvalue weighted by Gasteiger charge is 2.31. The van der Waals surface area contributed by atoms with Crippen molar-refractivity contribution in [1.82, 2.24) is 25.4 Å². The summed E-state index contributed by atoms with van der Waals surface area (Å²) in [6.45, 7) is 5.72. The number of benzene rings is 2. The highest BCUT2D eigenvalue weighted by Crippen LogP contribution is 2.32. The van der Waals surface area contributed by atoms with Crippen molar-refractivity contribution in [2.24, 2.45) is 5.73 Å². The van der Waals surface area contributed by atoms with Gasteiger partial charge in [0, 0.05) is 36.8 Å². The van der Waals surface area contributed by atoms with E-state index in [9.17, 15) is 18.4 Å². The summed E-state index contributed by atoms with van der Waals surface area (Å²) in [5.74, 6) is -3.05. The van der Waals surface area contributed by atoms with Gasteiger partial charge in [-0.3, -0.25) is 14.5 Å². The van der Waals surface area contributed by atoms with E-state index in [4.69, 9.17) is 15.2 Å². The fourth-order valence-corrected chi connectivity index (χ4v) is 5.98. The molecule has 11 nitrogen and oxygen atoms in total. The normalized spacial score (nSPS) is 16.7. The number of halogens is 3. The van der Waals surface area contributed by atoms with E-state index in [1.165, 1.54) is 54.7 Å². The summed E-state index contributed by atoms with van der Waals surface area (Å²) in [7, 11) is 0. The van der Waals surface area contributed by atoms with Crippen LogP contribution in [-0.2, 0) is 27.2 Å². The molecule has 2 aromatic heterocycles. The van der Waals surface area contributed by atoms with Crippen LogP contribution in [0.15, 0.2) is 67.0 Å². The fourth-order valence-electron chi connectivity index (χ4n) is 5.98. The zero-order valence-corrected chi connectivity index (χ0v) is 27.3. The smallest absolute Gasteiger partial charge is 0.407 e. The molecular weight excluding hydrogens is 639 g/mol. The molecule has 0 radical (unpaired) electrons. The lowest BCUT2D eigenvalue weighted by atomic mass is 9.84. The zero-order valence-electron chi connectivity index (χ0n) is 27.3. The Morgan fingerprint density at radius 3 is 2.29 bits per heavy atom. The van der Waals surface area contributed by atoms with Gasteiger partial charge in [-0.05, 0) is 68.1 Å². The van der Waals surface area contributed by atoms with Gasteiger partial charge in [-0.1, -0.05) is 24.3 Å². The Bertz CT molecular complexity index is 1670. The van der Waals surface area contributed by atoms with Crippen molar-refractivity contribution < 1.29 is 32.2 Å². The number of carbonyl (C=O) groups excluding carboxylic acids is 2. The Morgan fingerprint density at radius 1 is 1.02 bits per heavy atom. The molecular formula is C35H40F3N7O4. The Morgan fingerprint density at radius 2 is 1.67 bits per heavy atom. The maximum atomic E-state index is 15.3. The van der Waals surface area contributed by atoms with Crippen molar-refractivity contribution in [2.75, 3.05) is 31.6 Å². The zero-order chi connectivity index (χ0) is 34.9. The van der Waals surface area contributed by atoms with Crippen molar-refractivity contribution in [3.63, 3.8) is 0 Å². The first kappa shape index (κ1) is 35.4. The lowest BCUT2D eigenvalue weighted by Crippen LogP contribution is -2.47. The van der Waals surface area contributed by atoms with Crippen LogP contribution < -0.4 is 21.7 Å². The summed E-state index contributed by atoms with van der Waals surface area (Å²) in [4.78, 5) is 29.2. The quantitative estimate of drug-likeness (QED) is 0.156. The molecule has 5 N–H and O–H groups in total. The summed E-state index contributed by atoms with van der Waals surface area (Å²) < 4.78 is 56.2. The van der Waals surface area contributed by atoms with E-state index in [1.54, 1.807) is 0 Å². The number of nitrogens with zero attached hydrogens (tertiary/aromatic N) is 3. The predicted molar refractivity (Wildman–Crippen MR) is 176 cm³/mol. The van der Waals surface area contributed by atoms with E-state index >= 15 is 4.39 Å². The lowest BCUT2D eigenvalue weighted by molar-refractivity contribution is -0.119. The molecule has 0 bridgehead atoms. The van der Waals surface area contributed by atoms with Crippen LogP contribution in [0.1, 0.15) is 40.4 Å². The van der Waals surface area contributed by atoms with Crippen molar-refractivity contribution in [2.45, 2.75) is 57.4 Å². The number of nitrogens with two attached hydrogens (primary N) is 1. The molecule has 3 heterocycles. The van der Waals surface area contributed by atoms with Gasteiger partial charge in [-0.2, -0.15) is 5.10 Å². The van der Waals surface area contributed by atoms with Crippen molar-refractivity contribution in [3.8, 4) is 0 Å². The topological polar surface area (TPSA) is 145 Å². The number of pyridine rings is 1. The maximum Gasteiger partial charge on any atom is 0.407 e. The first-order valence-corrected chi connectivity index (χ1v) is 16.0. The molecule has 49 heavy (non-hydrogen) atoms. The summed E-state index contributed by atoms with van der Waals surface area (Å²) in [5, 5.41) is 13.4. The van der Waals surface area contributed by atoms with Crippen LogP contribution in [0.2, 0.25) is 0 Å². The number of carbonyl (C=O) groups is 2. The number of aryl methyl sites for hydroxylation is 2. The van der Waals surface area contributed by atoms with Gasteiger partial charge < -0.3 is 31.2 Å². The van der Waals surface area contributed by atoms with Gasteiger partial charge in [-0.15, -0.1) is 0 Å². The molecule has 1 aliphatic rings. The van der Waals surface area contributed by atoms with Crippen LogP contribution in [0, 0.1) is 31.3 Å². The molecule has 4 aromatic rings. The van der Waals surface area contributed by atoms with Gasteiger partial charge in [0.05, 0.1) is 36.4 Å². The number of alkyl carbamates (subject to hydrolysis) is 1. The van der Waals surface area contributed by atoms with Crippen LogP contribution in [0.3, 0.4) is 0 Å². The van der Waals surface area contributed by atoms with Crippen molar-refractivity contribution >= 4 is 17.7 Å². The van der Waals surface area contributed by atoms with Crippen molar-refractivity contribution in [3.05, 3.63) is 113 Å². The van der Waals surface area contributed by atoms with Gasteiger partial charge >= 0.3 is 6.09 Å². The minimum absolute atomic E-state index is 0.0279. The molecule has 1 saturated heterocycles. The van der Waals surface area contributed by atoms with Gasteiger partial charge in [-0.25, -0.2) is 18.0 Å². The van der Waals surface area contributed by atoms with Gasteiger partial charge in [0.1, 0.15) is 36.2 Å². The molecule has 0 aliphatic carbocycles. The van der Waals surface area contributed by atoms with E-state index in [1.807, 2.05) is 24.6 Å². The number of aromatic nitrogens is 3. The third-order valence-corrected chi connectivity index (χ3v) is 8.36. The van der Waals surface area contributed by atoms with E-state index in [2.05, 4.69) is 26.0 Å². The number of hydrogen-bond acceptors (Lipinski definition) is 8. The molecule has 2 aromatic carbocycles. The molecule has 5 rings (SSSR count). The number of ether oxygens (including phenoxy) is 2. The van der Waals surface area contributed by atoms with Gasteiger partial charge in [0.25, 0.3) is 0 Å². The highest BCUT2D eigenvalue weighted by atomic mass is 19.1. The number of anilines is 1. The van der Waals surface area contributed by atoms with Crippen LogP contribution in [-0.4, -0.2) is 71.3 Å². The number of rotatable bonds is 14. The predicted octanol–water partition coefficient (Wildman–Crippen LogP) is 4.13. The fraction of sp³-hybridized carbons (Fsp3) is 0.371. The number of hydrogen-bond donors (Lipinski definition) is 4. The van der Waals surface area contributed by atoms with Crippen LogP contribution in [0.5, 0.6) is 0 Å². The van der Waals surface area contributed by atoms with Crippen molar-refractivity contribution in [1.29, 1.82) is 0 Å². The second-order valence-electron chi connectivity index (χ2n) is 12.0. The van der Waals surface area contributed by atoms with Crippen LogP contribution in [0.25, 0.3) is 0 Å². The van der Waals surface area contributed by atoms with E-state index in [0.717, 1.165) is 17.6 Å². The highest BCUT2D eigenvalue weighted by molar-refractivity contribution is 5.85. The van der Waals surface area contributed by atoms with E-state index in [-0.39, 0.29) is 30.4 Å². The summed E-state index contributed by atoms with van der Waals surface area (Å²) in [5.41, 5.74) is 9.40. The first-order chi connectivity index (χ1) is 23.6. The Labute approximate surface area is 282 Å². The monoisotopic (exact) mass is 679 g/mol. The summed E-state index contributed by atoms with van der Waals surface area (Å²) >= 11 is 0. The number of morpholine rings is 1. The molecule has 0 spiro atoms. The minimum Gasteiger partial charge on any atom is -0.447 e. The van der Waals surface area contributed by atoms with E-state index in [0.29, 0.717) is 43.7 Å². The average Bonchev–Trinajstić information content (AvgIpc) is 3.40. The van der Waals surface area contributed by atoms with Crippen LogP contribution >= 0.6 is 0 Å². The lowest BCUT2D eigenvalue weighted by Gasteiger charge is -2.31. The largest absolute Gasteiger partial charge is 0.447 e. The van der Waals surface area contributed by atoms with Gasteiger partial charge in [0.2, 0.25) is 5.91 Å². The molecule has 2 amide bonds. The number of amides is 2. The third-order valence-electron chi connectivity index (χ3n) is 8.36. The Balaban J connectivity index is 1.21. The average molecular weight is 680 g/mol.